The van der Waals surface area contributed by atoms with E-state index in [1.54, 1.807) is 18.2 Å². The first-order valence-corrected chi connectivity index (χ1v) is 13.3. The van der Waals surface area contributed by atoms with Crippen molar-refractivity contribution in [3.63, 3.8) is 0 Å². The zero-order chi connectivity index (χ0) is 28.9. The van der Waals surface area contributed by atoms with Gasteiger partial charge in [-0.05, 0) is 31.7 Å². The van der Waals surface area contributed by atoms with E-state index in [-0.39, 0.29) is 23.7 Å². The van der Waals surface area contributed by atoms with Gasteiger partial charge in [-0.2, -0.15) is 5.10 Å². The first kappa shape index (κ1) is 28.2. The van der Waals surface area contributed by atoms with Crippen LogP contribution in [0.3, 0.4) is 0 Å². The Morgan fingerprint density at radius 3 is 2.51 bits per heavy atom. The fourth-order valence-electron chi connectivity index (χ4n) is 4.82. The number of aromatic nitrogens is 4. The zero-order valence-electron chi connectivity index (χ0n) is 22.9. The molecule has 4 aromatic rings. The lowest BCUT2D eigenvalue weighted by atomic mass is 10.1. The van der Waals surface area contributed by atoms with E-state index < -0.39 is 17.5 Å². The third-order valence-corrected chi connectivity index (χ3v) is 6.90. The standard InChI is InChI=1S/C28H32F2N8O3/c1-36-5-7-37(8-6-36)4-3-9-41-25-16-23-22(15-24(25)40-2)28(33-17-32-23)38(21-11-18(29)10-19(30)12-21)27-14-20(34-35-27)13-26(31)39/h10-12,14-17H,3-9,13H2,1-2H3,(H2,31,39)(H,34,35). The minimum absolute atomic E-state index is 0.0911. The van der Waals surface area contributed by atoms with Gasteiger partial charge in [0, 0.05) is 62.0 Å². The van der Waals surface area contributed by atoms with E-state index in [2.05, 4.69) is 37.0 Å². The Labute approximate surface area is 235 Å². The summed E-state index contributed by atoms with van der Waals surface area (Å²) in [6, 6.07) is 8.14. The number of anilines is 3. The highest BCUT2D eigenvalue weighted by Crippen LogP contribution is 2.40. The van der Waals surface area contributed by atoms with Gasteiger partial charge in [-0.15, -0.1) is 0 Å². The molecule has 13 heteroatoms. The molecule has 216 valence electrons. The summed E-state index contributed by atoms with van der Waals surface area (Å²) < 4.78 is 40.4. The lowest BCUT2D eigenvalue weighted by Crippen LogP contribution is -2.44. The number of amides is 1. The van der Waals surface area contributed by atoms with Gasteiger partial charge < -0.3 is 25.0 Å². The molecule has 1 fully saturated rings. The Morgan fingerprint density at radius 2 is 1.80 bits per heavy atom. The molecule has 0 aliphatic carbocycles. The summed E-state index contributed by atoms with van der Waals surface area (Å²) in [5, 5.41) is 7.54. The van der Waals surface area contributed by atoms with Crippen LogP contribution in [-0.4, -0.2) is 89.4 Å². The van der Waals surface area contributed by atoms with Crippen LogP contribution < -0.4 is 20.1 Å². The maximum absolute atomic E-state index is 14.3. The summed E-state index contributed by atoms with van der Waals surface area (Å²) in [5.41, 5.74) is 6.41. The number of fused-ring (bicyclic) bond motifs is 1. The average Bonchev–Trinajstić information content (AvgIpc) is 3.38. The molecule has 0 bridgehead atoms. The molecular weight excluding hydrogens is 534 g/mol. The monoisotopic (exact) mass is 566 g/mol. The summed E-state index contributed by atoms with van der Waals surface area (Å²) >= 11 is 0. The molecule has 11 nitrogen and oxygen atoms in total. The van der Waals surface area contributed by atoms with Crippen molar-refractivity contribution in [1.29, 1.82) is 0 Å². The lowest BCUT2D eigenvalue weighted by molar-refractivity contribution is -0.117. The van der Waals surface area contributed by atoms with Crippen LogP contribution in [0.15, 0.2) is 42.7 Å². The normalized spacial score (nSPS) is 14.3. The van der Waals surface area contributed by atoms with Crippen LogP contribution in [0.25, 0.3) is 10.9 Å². The third-order valence-electron chi connectivity index (χ3n) is 6.90. The highest BCUT2D eigenvalue weighted by atomic mass is 19.1. The molecule has 5 rings (SSSR count). The molecular formula is C28H32F2N8O3. The number of aromatic amines is 1. The number of hydrogen-bond acceptors (Lipinski definition) is 9. The summed E-state index contributed by atoms with van der Waals surface area (Å²) in [6.07, 6.45) is 2.11. The van der Waals surface area contributed by atoms with Crippen molar-refractivity contribution in [2.75, 3.05) is 58.4 Å². The molecule has 3 heterocycles. The molecule has 1 aliphatic rings. The smallest absolute Gasteiger partial charge is 0.223 e. The van der Waals surface area contributed by atoms with Gasteiger partial charge in [0.15, 0.2) is 17.3 Å². The predicted octanol–water partition coefficient (Wildman–Crippen LogP) is 3.15. The molecule has 41 heavy (non-hydrogen) atoms. The van der Waals surface area contributed by atoms with Gasteiger partial charge in [0.1, 0.15) is 23.8 Å². The summed E-state index contributed by atoms with van der Waals surface area (Å²) in [6.45, 7) is 5.65. The van der Waals surface area contributed by atoms with Crippen molar-refractivity contribution in [2.24, 2.45) is 5.73 Å². The van der Waals surface area contributed by atoms with Gasteiger partial charge in [0.25, 0.3) is 0 Å². The predicted molar refractivity (Wildman–Crippen MR) is 150 cm³/mol. The number of ether oxygens (including phenoxy) is 2. The molecule has 0 atom stereocenters. The number of H-pyrrole nitrogens is 1. The number of likely N-dealkylation sites (N-methyl/N-ethyl adjacent to an activating group) is 1. The first-order chi connectivity index (χ1) is 19.8. The summed E-state index contributed by atoms with van der Waals surface area (Å²) in [7, 11) is 3.67. The summed E-state index contributed by atoms with van der Waals surface area (Å²) in [4.78, 5) is 26.5. The molecule has 0 radical (unpaired) electrons. The highest BCUT2D eigenvalue weighted by Gasteiger charge is 2.23. The quantitative estimate of drug-likeness (QED) is 0.263. The van der Waals surface area contributed by atoms with Gasteiger partial charge >= 0.3 is 0 Å². The number of rotatable bonds is 11. The molecule has 1 aliphatic heterocycles. The van der Waals surface area contributed by atoms with E-state index in [4.69, 9.17) is 15.2 Å². The number of nitrogens with one attached hydrogen (secondary N) is 1. The van der Waals surface area contributed by atoms with Crippen LogP contribution in [0.4, 0.5) is 26.1 Å². The van der Waals surface area contributed by atoms with Crippen LogP contribution >= 0.6 is 0 Å². The largest absolute Gasteiger partial charge is 0.493 e. The van der Waals surface area contributed by atoms with Gasteiger partial charge in [-0.1, -0.05) is 0 Å². The fourth-order valence-corrected chi connectivity index (χ4v) is 4.82. The molecule has 1 amide bonds. The number of carbonyl (C=O) groups is 1. The van der Waals surface area contributed by atoms with Crippen molar-refractivity contribution in [3.05, 3.63) is 60.1 Å². The topological polar surface area (TPSA) is 126 Å². The maximum atomic E-state index is 14.3. The SMILES string of the molecule is COc1cc2c(N(c3cc(F)cc(F)c3)c3cc(CC(N)=O)[nH]n3)ncnc2cc1OCCCN1CCN(C)CC1. The lowest BCUT2D eigenvalue weighted by Gasteiger charge is -2.32. The van der Waals surface area contributed by atoms with Crippen molar-refractivity contribution < 1.29 is 23.0 Å². The Balaban J connectivity index is 1.46. The number of hydrogen-bond donors (Lipinski definition) is 2. The number of methoxy groups -OCH3 is 1. The fraction of sp³-hybridized carbons (Fsp3) is 0.357. The Hall–Kier alpha value is -4.36. The Bertz CT molecular complexity index is 1500. The minimum atomic E-state index is -0.777. The molecule has 0 saturated carbocycles. The summed E-state index contributed by atoms with van der Waals surface area (Å²) in [5.74, 6) is -0.602. The Morgan fingerprint density at radius 1 is 1.05 bits per heavy atom. The van der Waals surface area contributed by atoms with E-state index in [0.717, 1.165) is 57.3 Å². The van der Waals surface area contributed by atoms with Gasteiger partial charge in [-0.3, -0.25) is 14.8 Å². The third kappa shape index (κ3) is 6.69. The first-order valence-electron chi connectivity index (χ1n) is 13.3. The van der Waals surface area contributed by atoms with Gasteiger partial charge in [-0.25, -0.2) is 18.7 Å². The second-order valence-electron chi connectivity index (χ2n) is 9.92. The van der Waals surface area contributed by atoms with E-state index in [0.29, 0.717) is 34.7 Å². The van der Waals surface area contributed by atoms with Crippen molar-refractivity contribution >= 4 is 34.1 Å². The van der Waals surface area contributed by atoms with Crippen molar-refractivity contribution in [3.8, 4) is 11.5 Å². The minimum Gasteiger partial charge on any atom is -0.493 e. The number of nitrogens with zero attached hydrogens (tertiary/aromatic N) is 6. The van der Waals surface area contributed by atoms with Crippen molar-refractivity contribution in [2.45, 2.75) is 12.8 Å². The van der Waals surface area contributed by atoms with Crippen LogP contribution in [0.5, 0.6) is 11.5 Å². The average molecular weight is 567 g/mol. The van der Waals surface area contributed by atoms with Gasteiger partial charge in [0.05, 0.1) is 31.3 Å². The molecule has 2 aromatic carbocycles. The zero-order valence-corrected chi connectivity index (χ0v) is 22.9. The maximum Gasteiger partial charge on any atom is 0.223 e. The van der Waals surface area contributed by atoms with E-state index in [1.807, 2.05) is 0 Å². The molecule has 2 aromatic heterocycles. The van der Waals surface area contributed by atoms with E-state index in [1.165, 1.54) is 18.3 Å². The van der Waals surface area contributed by atoms with Crippen LogP contribution in [0, 0.1) is 11.6 Å². The van der Waals surface area contributed by atoms with Crippen LogP contribution in [0.1, 0.15) is 12.1 Å². The second-order valence-corrected chi connectivity index (χ2v) is 9.92. The highest BCUT2D eigenvalue weighted by molar-refractivity contribution is 5.96. The van der Waals surface area contributed by atoms with Crippen LogP contribution in [0.2, 0.25) is 0 Å². The number of primary amides is 1. The van der Waals surface area contributed by atoms with Gasteiger partial charge in [0.2, 0.25) is 5.91 Å². The van der Waals surface area contributed by atoms with Crippen molar-refractivity contribution in [1.82, 2.24) is 30.0 Å². The number of nitrogens with two attached hydrogens (primary N) is 1. The second kappa shape index (κ2) is 12.4. The van der Waals surface area contributed by atoms with E-state index >= 15 is 0 Å². The molecule has 0 unspecified atom stereocenters. The molecule has 3 N–H and O–H groups in total. The number of carbonyl (C=O) groups excluding carboxylic acids is 1. The number of halogens is 2. The molecule has 1 saturated heterocycles. The number of benzene rings is 2. The van der Waals surface area contributed by atoms with Crippen LogP contribution in [-0.2, 0) is 11.2 Å². The number of piperazine rings is 1. The Kier molecular flexibility index (Phi) is 8.55. The molecule has 0 spiro atoms. The van der Waals surface area contributed by atoms with E-state index in [9.17, 15) is 13.6 Å².